The fraction of sp³-hybridized carbons (Fsp3) is 0.176. The third-order valence-electron chi connectivity index (χ3n) is 3.64. The molecule has 0 aliphatic carbocycles. The summed E-state index contributed by atoms with van der Waals surface area (Å²) in [5.41, 5.74) is 0.342. The second-order valence-electron chi connectivity index (χ2n) is 5.69. The van der Waals surface area contributed by atoms with Crippen molar-refractivity contribution in [2.45, 2.75) is 6.73 Å². The van der Waals surface area contributed by atoms with Gasteiger partial charge in [0.2, 0.25) is 0 Å². The van der Waals surface area contributed by atoms with Crippen LogP contribution in [0.2, 0.25) is 0 Å². The molecule has 0 saturated carbocycles. The molecule has 2 amide bonds. The van der Waals surface area contributed by atoms with Gasteiger partial charge in [-0.25, -0.2) is 13.5 Å². The number of hydrogen-bond donors (Lipinski definition) is 2. The minimum Gasteiger partial charge on any atom is -0.468 e. The smallest absolute Gasteiger partial charge is 0.276 e. The van der Waals surface area contributed by atoms with E-state index in [-0.39, 0.29) is 29.6 Å². The summed E-state index contributed by atoms with van der Waals surface area (Å²) in [5, 5.41) is 13.0. The highest BCUT2D eigenvalue weighted by molar-refractivity contribution is 6.07. The monoisotopic (exact) mass is 390 g/mol. The molecular formula is C17H16F2N6O3. The van der Waals surface area contributed by atoms with E-state index in [4.69, 9.17) is 4.74 Å². The van der Waals surface area contributed by atoms with Crippen molar-refractivity contribution >= 4 is 17.5 Å². The van der Waals surface area contributed by atoms with Gasteiger partial charge >= 0.3 is 0 Å². The molecule has 3 rings (SSSR count). The third-order valence-corrected chi connectivity index (χ3v) is 3.64. The van der Waals surface area contributed by atoms with Crippen LogP contribution in [0.1, 0.15) is 21.0 Å². The van der Waals surface area contributed by atoms with Gasteiger partial charge in [0, 0.05) is 32.6 Å². The third kappa shape index (κ3) is 4.14. The van der Waals surface area contributed by atoms with Crippen molar-refractivity contribution in [1.82, 2.24) is 24.9 Å². The van der Waals surface area contributed by atoms with E-state index in [2.05, 4.69) is 20.8 Å². The number of hydrogen-bond acceptors (Lipinski definition) is 5. The lowest BCUT2D eigenvalue weighted by Gasteiger charge is -2.07. The Balaban J connectivity index is 1.67. The molecule has 0 bridgehead atoms. The fourth-order valence-corrected chi connectivity index (χ4v) is 2.34. The van der Waals surface area contributed by atoms with Gasteiger partial charge in [0.25, 0.3) is 11.8 Å². The second kappa shape index (κ2) is 7.86. The molecule has 146 valence electrons. The summed E-state index contributed by atoms with van der Waals surface area (Å²) in [7, 11) is 3.07. The lowest BCUT2D eigenvalue weighted by molar-refractivity contribution is 0.0958. The first-order valence-corrected chi connectivity index (χ1v) is 8.05. The standard InChI is InChI=1S/C17H16F2N6O3/c1-20-17(27)15-13(8-24(2)23-15)21-16(26)12-5-6-25(22-12)9-28-14-4-3-10(18)7-11(14)19/h3-8H,9H2,1-2H3,(H,20,27)(H,21,26). The maximum atomic E-state index is 13.6. The van der Waals surface area contributed by atoms with Crippen molar-refractivity contribution in [3.63, 3.8) is 0 Å². The first-order valence-electron chi connectivity index (χ1n) is 8.05. The van der Waals surface area contributed by atoms with Crippen LogP contribution in [0.4, 0.5) is 14.5 Å². The number of amides is 2. The molecule has 2 N–H and O–H groups in total. The average Bonchev–Trinajstić information content (AvgIpc) is 3.27. The molecule has 0 aliphatic rings. The van der Waals surface area contributed by atoms with E-state index >= 15 is 0 Å². The molecule has 2 heterocycles. The summed E-state index contributed by atoms with van der Waals surface area (Å²) in [6.07, 6.45) is 2.94. The molecule has 1 aromatic carbocycles. The van der Waals surface area contributed by atoms with Crippen molar-refractivity contribution in [1.29, 1.82) is 0 Å². The van der Waals surface area contributed by atoms with Crippen LogP contribution < -0.4 is 15.4 Å². The molecule has 11 heteroatoms. The Hall–Kier alpha value is -3.76. The normalized spacial score (nSPS) is 10.6. The molecule has 0 fully saturated rings. The molecule has 3 aromatic rings. The Morgan fingerprint density at radius 1 is 1.18 bits per heavy atom. The number of nitrogens with zero attached hydrogens (tertiary/aromatic N) is 4. The van der Waals surface area contributed by atoms with Gasteiger partial charge < -0.3 is 15.4 Å². The Labute approximate surface area is 157 Å². The molecule has 0 saturated heterocycles. The number of aryl methyl sites for hydroxylation is 1. The van der Waals surface area contributed by atoms with E-state index in [0.717, 1.165) is 12.1 Å². The summed E-state index contributed by atoms with van der Waals surface area (Å²) in [4.78, 5) is 24.2. The topological polar surface area (TPSA) is 103 Å². The average molecular weight is 390 g/mol. The molecule has 0 spiro atoms. The number of halogens is 2. The van der Waals surface area contributed by atoms with Gasteiger partial charge in [0.05, 0.1) is 5.69 Å². The number of benzene rings is 1. The Morgan fingerprint density at radius 2 is 1.96 bits per heavy atom. The number of aromatic nitrogens is 4. The van der Waals surface area contributed by atoms with Gasteiger partial charge in [-0.15, -0.1) is 0 Å². The van der Waals surface area contributed by atoms with Gasteiger partial charge in [-0.1, -0.05) is 0 Å². The van der Waals surface area contributed by atoms with Crippen molar-refractivity contribution in [3.05, 3.63) is 59.7 Å². The molecule has 28 heavy (non-hydrogen) atoms. The number of carbonyl (C=O) groups excluding carboxylic acids is 2. The van der Waals surface area contributed by atoms with Gasteiger partial charge in [-0.05, 0) is 18.2 Å². The number of rotatable bonds is 6. The van der Waals surface area contributed by atoms with Crippen molar-refractivity contribution in [2.75, 3.05) is 12.4 Å². The van der Waals surface area contributed by atoms with Gasteiger partial charge in [-0.3, -0.25) is 14.3 Å². The van der Waals surface area contributed by atoms with E-state index < -0.39 is 23.4 Å². The summed E-state index contributed by atoms with van der Waals surface area (Å²) in [6, 6.07) is 4.35. The van der Waals surface area contributed by atoms with E-state index in [1.165, 1.54) is 34.9 Å². The van der Waals surface area contributed by atoms with E-state index in [0.29, 0.717) is 6.07 Å². The van der Waals surface area contributed by atoms with Crippen LogP contribution in [0.15, 0.2) is 36.7 Å². The summed E-state index contributed by atoms with van der Waals surface area (Å²) < 4.78 is 34.3. The zero-order valence-corrected chi connectivity index (χ0v) is 14.9. The van der Waals surface area contributed by atoms with Crippen molar-refractivity contribution < 1.29 is 23.1 Å². The van der Waals surface area contributed by atoms with Crippen LogP contribution in [0, 0.1) is 11.6 Å². The Bertz CT molecular complexity index is 1030. The van der Waals surface area contributed by atoms with E-state index in [1.54, 1.807) is 7.05 Å². The van der Waals surface area contributed by atoms with Gasteiger partial charge in [0.1, 0.15) is 5.82 Å². The zero-order chi connectivity index (χ0) is 20.3. The Morgan fingerprint density at radius 3 is 2.68 bits per heavy atom. The number of nitrogens with one attached hydrogen (secondary N) is 2. The van der Waals surface area contributed by atoms with Crippen molar-refractivity contribution in [3.8, 4) is 5.75 Å². The van der Waals surface area contributed by atoms with Crippen LogP contribution in [0.25, 0.3) is 0 Å². The molecule has 2 aromatic heterocycles. The van der Waals surface area contributed by atoms with E-state index in [1.807, 2.05) is 0 Å². The van der Waals surface area contributed by atoms with Crippen LogP contribution >= 0.6 is 0 Å². The number of carbonyl (C=O) groups is 2. The van der Waals surface area contributed by atoms with Crippen LogP contribution in [-0.4, -0.2) is 38.4 Å². The summed E-state index contributed by atoms with van der Waals surface area (Å²) in [5.74, 6) is -2.72. The highest BCUT2D eigenvalue weighted by Crippen LogP contribution is 2.18. The largest absolute Gasteiger partial charge is 0.468 e. The van der Waals surface area contributed by atoms with E-state index in [9.17, 15) is 18.4 Å². The molecule has 0 atom stereocenters. The fourth-order valence-electron chi connectivity index (χ4n) is 2.34. The van der Waals surface area contributed by atoms with Crippen LogP contribution in [0.5, 0.6) is 5.75 Å². The maximum absolute atomic E-state index is 13.6. The summed E-state index contributed by atoms with van der Waals surface area (Å²) >= 11 is 0. The molecule has 0 aliphatic heterocycles. The van der Waals surface area contributed by atoms with Crippen LogP contribution in [0.3, 0.4) is 0 Å². The minimum atomic E-state index is -0.844. The first kappa shape index (κ1) is 19.0. The van der Waals surface area contributed by atoms with Gasteiger partial charge in [-0.2, -0.15) is 10.2 Å². The van der Waals surface area contributed by atoms with Crippen LogP contribution in [-0.2, 0) is 13.8 Å². The Kier molecular flexibility index (Phi) is 5.34. The van der Waals surface area contributed by atoms with Gasteiger partial charge in [0.15, 0.2) is 29.7 Å². The quantitative estimate of drug-likeness (QED) is 0.665. The molecule has 0 unspecified atom stereocenters. The molecule has 9 nitrogen and oxygen atoms in total. The predicted octanol–water partition coefficient (Wildman–Crippen LogP) is 1.54. The minimum absolute atomic E-state index is 0.0508. The predicted molar refractivity (Wildman–Crippen MR) is 93.8 cm³/mol. The molecule has 0 radical (unpaired) electrons. The summed E-state index contributed by atoms with van der Waals surface area (Å²) in [6.45, 7) is -0.188. The maximum Gasteiger partial charge on any atom is 0.276 e. The van der Waals surface area contributed by atoms with Crippen molar-refractivity contribution in [2.24, 2.45) is 7.05 Å². The lowest BCUT2D eigenvalue weighted by atomic mass is 10.3. The first-order chi connectivity index (χ1) is 13.4. The highest BCUT2D eigenvalue weighted by Gasteiger charge is 2.19. The molecular weight excluding hydrogens is 374 g/mol. The zero-order valence-electron chi connectivity index (χ0n) is 14.9. The lowest BCUT2D eigenvalue weighted by Crippen LogP contribution is -2.21. The second-order valence-corrected chi connectivity index (χ2v) is 5.69. The number of ether oxygens (including phenoxy) is 1. The number of anilines is 1. The SMILES string of the molecule is CNC(=O)c1nn(C)cc1NC(=O)c1ccn(COc2ccc(F)cc2F)n1. The highest BCUT2D eigenvalue weighted by atomic mass is 19.1.